The molecule has 3 N–H and O–H groups in total. The van der Waals surface area contributed by atoms with Gasteiger partial charge in [0.2, 0.25) is 11.8 Å². The van der Waals surface area contributed by atoms with E-state index in [1.807, 2.05) is 17.0 Å². The number of amides is 2. The van der Waals surface area contributed by atoms with Gasteiger partial charge < -0.3 is 16.0 Å². The lowest BCUT2D eigenvalue weighted by atomic mass is 10.0. The number of benzene rings is 1. The Balaban J connectivity index is 1.48. The average Bonchev–Trinajstić information content (AvgIpc) is 2.86. The van der Waals surface area contributed by atoms with Crippen molar-refractivity contribution in [2.45, 2.75) is 44.6 Å². The van der Waals surface area contributed by atoms with Crippen LogP contribution in [0.3, 0.4) is 0 Å². The molecule has 1 saturated heterocycles. The Morgan fingerprint density at radius 2 is 2.27 bits per heavy atom. The van der Waals surface area contributed by atoms with Crippen LogP contribution in [0, 0.1) is 0 Å². The summed E-state index contributed by atoms with van der Waals surface area (Å²) in [7, 11) is 0. The molecule has 1 unspecified atom stereocenters. The van der Waals surface area contributed by atoms with Gasteiger partial charge in [0.1, 0.15) is 0 Å². The Labute approximate surface area is 130 Å². The van der Waals surface area contributed by atoms with E-state index in [2.05, 4.69) is 11.4 Å². The minimum absolute atomic E-state index is 0.0590. The number of aryl methyl sites for hydroxylation is 1. The SMILES string of the molecule is NC1CCCN(C(=O)CCCc2ccc3c(c2)CC(=O)N3)C1. The third-order valence-electron chi connectivity index (χ3n) is 4.46. The maximum absolute atomic E-state index is 12.2. The van der Waals surface area contributed by atoms with Gasteiger partial charge in [-0.05, 0) is 42.9 Å². The van der Waals surface area contributed by atoms with Crippen molar-refractivity contribution in [3.63, 3.8) is 0 Å². The molecule has 0 aromatic heterocycles. The van der Waals surface area contributed by atoms with Crippen LogP contribution in [0.15, 0.2) is 18.2 Å². The van der Waals surface area contributed by atoms with E-state index < -0.39 is 0 Å². The van der Waals surface area contributed by atoms with Gasteiger partial charge in [-0.15, -0.1) is 0 Å². The Morgan fingerprint density at radius 3 is 3.09 bits per heavy atom. The summed E-state index contributed by atoms with van der Waals surface area (Å²) in [5.74, 6) is 0.275. The first-order valence-corrected chi connectivity index (χ1v) is 8.07. The first-order valence-electron chi connectivity index (χ1n) is 8.07. The Morgan fingerprint density at radius 1 is 1.41 bits per heavy atom. The smallest absolute Gasteiger partial charge is 0.228 e. The zero-order chi connectivity index (χ0) is 15.5. The van der Waals surface area contributed by atoms with Crippen molar-refractivity contribution >= 4 is 17.5 Å². The highest BCUT2D eigenvalue weighted by atomic mass is 16.2. The van der Waals surface area contributed by atoms with Crippen LogP contribution in [0.1, 0.15) is 36.8 Å². The molecule has 0 aliphatic carbocycles. The molecular weight excluding hydrogens is 278 g/mol. The van der Waals surface area contributed by atoms with Gasteiger partial charge in [-0.3, -0.25) is 9.59 Å². The molecule has 0 bridgehead atoms. The number of fused-ring (bicyclic) bond motifs is 1. The molecule has 2 heterocycles. The first-order chi connectivity index (χ1) is 10.6. The van der Waals surface area contributed by atoms with Gasteiger partial charge in [-0.25, -0.2) is 0 Å². The lowest BCUT2D eigenvalue weighted by Gasteiger charge is -2.30. The van der Waals surface area contributed by atoms with Crippen molar-refractivity contribution < 1.29 is 9.59 Å². The Hall–Kier alpha value is -1.88. The van der Waals surface area contributed by atoms with E-state index in [9.17, 15) is 9.59 Å². The van der Waals surface area contributed by atoms with E-state index in [1.54, 1.807) is 0 Å². The van der Waals surface area contributed by atoms with E-state index in [1.165, 1.54) is 5.56 Å². The summed E-state index contributed by atoms with van der Waals surface area (Å²) in [6.07, 6.45) is 4.77. The molecule has 1 aromatic carbocycles. The minimum Gasteiger partial charge on any atom is -0.341 e. The van der Waals surface area contributed by atoms with Crippen LogP contribution in [0.5, 0.6) is 0 Å². The second kappa shape index (κ2) is 6.48. The summed E-state index contributed by atoms with van der Waals surface area (Å²) in [6.45, 7) is 1.55. The zero-order valence-electron chi connectivity index (χ0n) is 12.8. The van der Waals surface area contributed by atoms with Crippen LogP contribution in [-0.2, 0) is 22.4 Å². The lowest BCUT2D eigenvalue weighted by molar-refractivity contribution is -0.132. The number of hydrogen-bond donors (Lipinski definition) is 2. The molecule has 5 heteroatoms. The number of anilines is 1. The molecule has 0 radical (unpaired) electrons. The number of nitrogens with zero attached hydrogens (tertiary/aromatic N) is 1. The minimum atomic E-state index is 0.0590. The number of nitrogens with two attached hydrogens (primary N) is 1. The van der Waals surface area contributed by atoms with Gasteiger partial charge in [0, 0.05) is 31.2 Å². The van der Waals surface area contributed by atoms with Crippen molar-refractivity contribution in [1.82, 2.24) is 4.90 Å². The van der Waals surface area contributed by atoms with E-state index in [-0.39, 0.29) is 17.9 Å². The second-order valence-corrected chi connectivity index (χ2v) is 6.31. The average molecular weight is 301 g/mol. The fourth-order valence-electron chi connectivity index (χ4n) is 3.28. The quantitative estimate of drug-likeness (QED) is 0.884. The first kappa shape index (κ1) is 15.0. The third kappa shape index (κ3) is 3.47. The summed E-state index contributed by atoms with van der Waals surface area (Å²) in [5.41, 5.74) is 9.10. The fraction of sp³-hybridized carbons (Fsp3) is 0.529. The van der Waals surface area contributed by atoms with Gasteiger partial charge in [0.15, 0.2) is 0 Å². The Bertz CT molecular complexity index is 585. The van der Waals surface area contributed by atoms with E-state index in [0.717, 1.165) is 43.5 Å². The van der Waals surface area contributed by atoms with E-state index in [4.69, 9.17) is 5.73 Å². The number of carbonyl (C=O) groups is 2. The van der Waals surface area contributed by atoms with Gasteiger partial charge in [-0.1, -0.05) is 12.1 Å². The molecule has 1 atom stereocenters. The normalized spacial score (nSPS) is 20.7. The van der Waals surface area contributed by atoms with Crippen molar-refractivity contribution in [1.29, 1.82) is 0 Å². The van der Waals surface area contributed by atoms with Crippen LogP contribution in [0.4, 0.5) is 5.69 Å². The number of carbonyl (C=O) groups excluding carboxylic acids is 2. The number of piperidine rings is 1. The second-order valence-electron chi connectivity index (χ2n) is 6.31. The van der Waals surface area contributed by atoms with Crippen molar-refractivity contribution in [2.75, 3.05) is 18.4 Å². The topological polar surface area (TPSA) is 75.4 Å². The fourth-order valence-corrected chi connectivity index (χ4v) is 3.28. The van der Waals surface area contributed by atoms with Crippen LogP contribution in [0.25, 0.3) is 0 Å². The Kier molecular flexibility index (Phi) is 4.43. The van der Waals surface area contributed by atoms with Crippen molar-refractivity contribution in [3.8, 4) is 0 Å². The molecule has 3 rings (SSSR count). The third-order valence-corrected chi connectivity index (χ3v) is 4.46. The van der Waals surface area contributed by atoms with Crippen molar-refractivity contribution in [2.24, 2.45) is 5.73 Å². The largest absolute Gasteiger partial charge is 0.341 e. The van der Waals surface area contributed by atoms with Crippen LogP contribution in [-0.4, -0.2) is 35.8 Å². The summed E-state index contributed by atoms with van der Waals surface area (Å²) >= 11 is 0. The van der Waals surface area contributed by atoms with Crippen molar-refractivity contribution in [3.05, 3.63) is 29.3 Å². The van der Waals surface area contributed by atoms with Gasteiger partial charge in [0.25, 0.3) is 0 Å². The lowest BCUT2D eigenvalue weighted by Crippen LogP contribution is -2.45. The molecule has 2 aliphatic rings. The number of rotatable bonds is 4. The monoisotopic (exact) mass is 301 g/mol. The van der Waals surface area contributed by atoms with Gasteiger partial charge in [0.05, 0.1) is 6.42 Å². The summed E-state index contributed by atoms with van der Waals surface area (Å²) in [6, 6.07) is 6.21. The predicted molar refractivity (Wildman–Crippen MR) is 85.5 cm³/mol. The predicted octanol–water partition coefficient (Wildman–Crippen LogP) is 1.45. The van der Waals surface area contributed by atoms with E-state index >= 15 is 0 Å². The van der Waals surface area contributed by atoms with Gasteiger partial charge in [-0.2, -0.15) is 0 Å². The summed E-state index contributed by atoms with van der Waals surface area (Å²) in [5, 5.41) is 2.83. The molecule has 0 spiro atoms. The van der Waals surface area contributed by atoms with Crippen LogP contribution in [0.2, 0.25) is 0 Å². The molecule has 5 nitrogen and oxygen atoms in total. The number of likely N-dealkylation sites (tertiary alicyclic amines) is 1. The van der Waals surface area contributed by atoms with Crippen LogP contribution >= 0.6 is 0 Å². The molecule has 2 amide bonds. The molecule has 118 valence electrons. The molecule has 22 heavy (non-hydrogen) atoms. The molecule has 1 aromatic rings. The molecule has 2 aliphatic heterocycles. The maximum atomic E-state index is 12.2. The highest BCUT2D eigenvalue weighted by Gasteiger charge is 2.21. The van der Waals surface area contributed by atoms with E-state index in [0.29, 0.717) is 19.4 Å². The molecular formula is C17H23N3O2. The summed E-state index contributed by atoms with van der Waals surface area (Å²) < 4.78 is 0. The van der Waals surface area contributed by atoms with Crippen LogP contribution < -0.4 is 11.1 Å². The standard InChI is InChI=1S/C17H23N3O2/c18-14-4-2-8-20(11-14)17(22)5-1-3-12-6-7-15-13(9-12)10-16(21)19-15/h6-7,9,14H,1-5,8,10-11,18H2,(H,19,21). The highest BCUT2D eigenvalue weighted by molar-refractivity contribution is 5.99. The van der Waals surface area contributed by atoms with Gasteiger partial charge >= 0.3 is 0 Å². The number of hydrogen-bond acceptors (Lipinski definition) is 3. The maximum Gasteiger partial charge on any atom is 0.228 e. The molecule has 1 fully saturated rings. The highest BCUT2D eigenvalue weighted by Crippen LogP contribution is 2.24. The summed E-state index contributed by atoms with van der Waals surface area (Å²) in [4.78, 5) is 25.4. The molecule has 0 saturated carbocycles. The zero-order valence-corrected chi connectivity index (χ0v) is 12.8. The number of nitrogens with one attached hydrogen (secondary N) is 1.